The van der Waals surface area contributed by atoms with E-state index in [0.29, 0.717) is 36.2 Å². The lowest BCUT2D eigenvalue weighted by molar-refractivity contribution is 0.498. The maximum atomic E-state index is 13.8. The molecule has 0 bridgehead atoms. The van der Waals surface area contributed by atoms with Crippen molar-refractivity contribution >= 4 is 16.9 Å². The number of aryl methyl sites for hydroxylation is 2. The second-order valence-electron chi connectivity index (χ2n) is 9.01. The van der Waals surface area contributed by atoms with E-state index < -0.39 is 0 Å². The average Bonchev–Trinajstić information content (AvgIpc) is 3.32. The number of nitrogens with zero attached hydrogens (tertiary/aromatic N) is 7. The summed E-state index contributed by atoms with van der Waals surface area (Å²) in [5.41, 5.74) is 10.3. The summed E-state index contributed by atoms with van der Waals surface area (Å²) in [5, 5.41) is 14.5. The molecule has 1 atom stereocenters. The number of piperidine rings is 1. The van der Waals surface area contributed by atoms with Crippen molar-refractivity contribution in [2.45, 2.75) is 38.9 Å². The van der Waals surface area contributed by atoms with Gasteiger partial charge < -0.3 is 15.2 Å². The van der Waals surface area contributed by atoms with E-state index in [1.165, 1.54) is 6.33 Å². The Morgan fingerprint density at radius 1 is 1.24 bits per heavy atom. The molecule has 0 spiro atoms. The fraction of sp³-hybridized carbons (Fsp3) is 0.360. The predicted octanol–water partition coefficient (Wildman–Crippen LogP) is 2.14. The average molecular weight is 457 g/mol. The molecule has 1 unspecified atom stereocenters. The summed E-state index contributed by atoms with van der Waals surface area (Å²) in [6.07, 6.45) is 3.43. The van der Waals surface area contributed by atoms with Crippen LogP contribution in [0.15, 0.2) is 47.5 Å². The zero-order valence-electron chi connectivity index (χ0n) is 19.5. The number of anilines is 1. The van der Waals surface area contributed by atoms with Crippen molar-refractivity contribution in [1.82, 2.24) is 23.9 Å². The standard InChI is InChI=1S/C25H28N8O/c1-17-11-20(30(2)29-17)15-32-16-28-22-21(12-26)24(31-10-6-9-19(27)14-31)33(23(22)25(32)34)13-18-7-4-3-5-8-18/h3-5,7-8,11,16,19H,6,9-10,13-15,27H2,1-2H3. The van der Waals surface area contributed by atoms with Gasteiger partial charge in [-0.3, -0.25) is 14.0 Å². The van der Waals surface area contributed by atoms with Gasteiger partial charge in [-0.2, -0.15) is 10.4 Å². The second-order valence-corrected chi connectivity index (χ2v) is 9.01. The Labute approximate surface area is 197 Å². The van der Waals surface area contributed by atoms with E-state index in [4.69, 9.17) is 5.73 Å². The molecule has 174 valence electrons. The fourth-order valence-corrected chi connectivity index (χ4v) is 4.90. The van der Waals surface area contributed by atoms with Crippen molar-refractivity contribution in [2.75, 3.05) is 18.0 Å². The van der Waals surface area contributed by atoms with Gasteiger partial charge in [-0.15, -0.1) is 0 Å². The number of aromatic nitrogens is 5. The molecule has 5 rings (SSSR count). The molecule has 3 aromatic heterocycles. The number of nitriles is 1. The largest absolute Gasteiger partial charge is 0.355 e. The maximum absolute atomic E-state index is 13.8. The molecule has 1 fully saturated rings. The van der Waals surface area contributed by atoms with E-state index >= 15 is 0 Å². The number of nitrogens with two attached hydrogens (primary N) is 1. The van der Waals surface area contributed by atoms with Crippen LogP contribution in [-0.4, -0.2) is 43.0 Å². The molecule has 9 nitrogen and oxygen atoms in total. The Bertz CT molecular complexity index is 1440. The minimum Gasteiger partial charge on any atom is -0.355 e. The molecule has 1 aliphatic heterocycles. The summed E-state index contributed by atoms with van der Waals surface area (Å²) in [7, 11) is 1.86. The van der Waals surface area contributed by atoms with Crippen LogP contribution in [0.1, 0.15) is 35.4 Å². The molecule has 0 saturated carbocycles. The first-order valence-electron chi connectivity index (χ1n) is 11.5. The SMILES string of the molecule is Cc1cc(Cn2cnc3c(C#N)c(N4CCCC(N)C4)n(Cc4ccccc4)c3c2=O)n(C)n1. The van der Waals surface area contributed by atoms with Crippen LogP contribution in [0.25, 0.3) is 11.0 Å². The Hall–Kier alpha value is -3.90. The zero-order chi connectivity index (χ0) is 23.8. The van der Waals surface area contributed by atoms with Crippen LogP contribution in [0.4, 0.5) is 5.82 Å². The molecule has 0 amide bonds. The van der Waals surface area contributed by atoms with Crippen LogP contribution in [0.2, 0.25) is 0 Å². The van der Waals surface area contributed by atoms with Gasteiger partial charge in [0.25, 0.3) is 5.56 Å². The molecule has 1 aromatic carbocycles. The summed E-state index contributed by atoms with van der Waals surface area (Å²) in [6.45, 7) is 4.17. The fourth-order valence-electron chi connectivity index (χ4n) is 4.90. The Morgan fingerprint density at radius 3 is 2.71 bits per heavy atom. The van der Waals surface area contributed by atoms with E-state index in [0.717, 1.165) is 42.2 Å². The molecule has 4 heterocycles. The van der Waals surface area contributed by atoms with Gasteiger partial charge in [0.15, 0.2) is 0 Å². The van der Waals surface area contributed by atoms with Crippen molar-refractivity contribution < 1.29 is 0 Å². The molecule has 1 aliphatic rings. The van der Waals surface area contributed by atoms with Gasteiger partial charge >= 0.3 is 0 Å². The van der Waals surface area contributed by atoms with Crippen LogP contribution in [0.3, 0.4) is 0 Å². The van der Waals surface area contributed by atoms with Crippen LogP contribution in [0, 0.1) is 18.3 Å². The quantitative estimate of drug-likeness (QED) is 0.493. The molecule has 4 aromatic rings. The summed E-state index contributed by atoms with van der Waals surface area (Å²) in [4.78, 5) is 20.6. The van der Waals surface area contributed by atoms with Crippen molar-refractivity contribution in [3.05, 3.63) is 75.6 Å². The number of benzene rings is 1. The second kappa shape index (κ2) is 8.80. The Balaban J connectivity index is 1.72. The van der Waals surface area contributed by atoms with E-state index in [2.05, 4.69) is 21.1 Å². The van der Waals surface area contributed by atoms with Gasteiger partial charge in [-0.1, -0.05) is 30.3 Å². The molecule has 1 saturated heterocycles. The zero-order valence-corrected chi connectivity index (χ0v) is 19.5. The Kier molecular flexibility index (Phi) is 5.67. The first-order valence-corrected chi connectivity index (χ1v) is 11.5. The molecule has 9 heteroatoms. The van der Waals surface area contributed by atoms with E-state index in [9.17, 15) is 10.1 Å². The Morgan fingerprint density at radius 2 is 2.03 bits per heavy atom. The first kappa shape index (κ1) is 21.9. The van der Waals surface area contributed by atoms with Crippen LogP contribution in [0.5, 0.6) is 0 Å². The maximum Gasteiger partial charge on any atom is 0.278 e. The number of fused-ring (bicyclic) bond motifs is 1. The summed E-state index contributed by atoms with van der Waals surface area (Å²) in [6, 6.07) is 14.3. The summed E-state index contributed by atoms with van der Waals surface area (Å²) < 4.78 is 5.32. The van der Waals surface area contributed by atoms with Gasteiger partial charge in [-0.25, -0.2) is 4.98 Å². The highest BCUT2D eigenvalue weighted by Gasteiger charge is 2.28. The number of hydrogen-bond acceptors (Lipinski definition) is 6. The number of hydrogen-bond donors (Lipinski definition) is 1. The lowest BCUT2D eigenvalue weighted by Crippen LogP contribution is -2.44. The third-order valence-electron chi connectivity index (χ3n) is 6.48. The van der Waals surface area contributed by atoms with Crippen LogP contribution >= 0.6 is 0 Å². The predicted molar refractivity (Wildman–Crippen MR) is 131 cm³/mol. The smallest absolute Gasteiger partial charge is 0.278 e. The van der Waals surface area contributed by atoms with Gasteiger partial charge in [0.1, 0.15) is 28.5 Å². The van der Waals surface area contributed by atoms with Crippen molar-refractivity contribution in [1.29, 1.82) is 5.26 Å². The lowest BCUT2D eigenvalue weighted by Gasteiger charge is -2.33. The highest BCUT2D eigenvalue weighted by molar-refractivity contribution is 5.89. The van der Waals surface area contributed by atoms with E-state index in [1.54, 1.807) is 9.25 Å². The van der Waals surface area contributed by atoms with Crippen LogP contribution in [-0.2, 0) is 20.1 Å². The monoisotopic (exact) mass is 456 g/mol. The first-order chi connectivity index (χ1) is 16.5. The molecule has 34 heavy (non-hydrogen) atoms. The molecular formula is C25H28N8O. The highest BCUT2D eigenvalue weighted by atomic mass is 16.1. The topological polar surface area (TPSA) is 111 Å². The lowest BCUT2D eigenvalue weighted by atomic mass is 10.1. The molecular weight excluding hydrogens is 428 g/mol. The van der Waals surface area contributed by atoms with E-state index in [1.807, 2.05) is 54.9 Å². The highest BCUT2D eigenvalue weighted by Crippen LogP contribution is 2.32. The van der Waals surface area contributed by atoms with Gasteiger partial charge in [-0.05, 0) is 31.4 Å². The molecule has 2 N–H and O–H groups in total. The summed E-state index contributed by atoms with van der Waals surface area (Å²) >= 11 is 0. The molecule has 0 radical (unpaired) electrons. The van der Waals surface area contributed by atoms with Gasteiger partial charge in [0, 0.05) is 32.7 Å². The third-order valence-corrected chi connectivity index (χ3v) is 6.48. The minimum atomic E-state index is -0.177. The van der Waals surface area contributed by atoms with Gasteiger partial charge in [0.2, 0.25) is 0 Å². The van der Waals surface area contributed by atoms with E-state index in [-0.39, 0.29) is 11.6 Å². The van der Waals surface area contributed by atoms with Crippen molar-refractivity contribution in [3.8, 4) is 6.07 Å². The normalized spacial score (nSPS) is 16.2. The third kappa shape index (κ3) is 3.86. The van der Waals surface area contributed by atoms with Gasteiger partial charge in [0.05, 0.1) is 24.3 Å². The number of rotatable bonds is 5. The van der Waals surface area contributed by atoms with Crippen LogP contribution < -0.4 is 16.2 Å². The summed E-state index contributed by atoms with van der Waals surface area (Å²) in [5.74, 6) is 0.732. The minimum absolute atomic E-state index is 0.0289. The molecule has 0 aliphatic carbocycles. The van der Waals surface area contributed by atoms with Crippen molar-refractivity contribution in [3.63, 3.8) is 0 Å². The van der Waals surface area contributed by atoms with Crippen molar-refractivity contribution in [2.24, 2.45) is 12.8 Å².